The molecule has 20 heavy (non-hydrogen) atoms. The van der Waals surface area contributed by atoms with Crippen molar-refractivity contribution >= 4 is 24.8 Å². The average molecular weight is 353 g/mol. The van der Waals surface area contributed by atoms with Crippen LogP contribution in [0.4, 0.5) is 30.7 Å². The Balaban J connectivity index is 0. The van der Waals surface area contributed by atoms with Gasteiger partial charge >= 0.3 is 5.92 Å². The van der Waals surface area contributed by atoms with Crippen LogP contribution in [-0.2, 0) is 0 Å². The Morgan fingerprint density at radius 2 is 1.20 bits per heavy atom. The van der Waals surface area contributed by atoms with E-state index in [1.54, 1.807) is 0 Å². The van der Waals surface area contributed by atoms with Crippen LogP contribution in [0.15, 0.2) is 11.7 Å². The lowest BCUT2D eigenvalue weighted by Crippen LogP contribution is -2.78. The Morgan fingerprint density at radius 1 is 0.850 bits per heavy atom. The number of rotatable bonds is 1. The third kappa shape index (κ3) is 2.10. The zero-order valence-corrected chi connectivity index (χ0v) is 11.8. The maximum absolute atomic E-state index is 14.1. The second kappa shape index (κ2) is 5.51. The summed E-state index contributed by atoms with van der Waals surface area (Å²) in [5.41, 5.74) is 4.39. The van der Waals surface area contributed by atoms with Gasteiger partial charge in [0.05, 0.1) is 0 Å². The highest BCUT2D eigenvalue weighted by Gasteiger charge is 2.82. The maximum Gasteiger partial charge on any atom is 0.350 e. The van der Waals surface area contributed by atoms with Crippen molar-refractivity contribution < 1.29 is 30.7 Å². The quantitative estimate of drug-likeness (QED) is 0.562. The second-order valence-corrected chi connectivity index (χ2v) is 4.49. The largest absolute Gasteiger partial charge is 0.350 e. The fraction of sp³-hybridized carbons (Fsp3) is 0.778. The molecule has 2 nitrogen and oxygen atoms in total. The molecule has 0 bridgehead atoms. The number of alkyl halides is 5. The summed E-state index contributed by atoms with van der Waals surface area (Å²) in [5, 5.41) is 0. The van der Waals surface area contributed by atoms with Crippen LogP contribution >= 0.6 is 24.8 Å². The van der Waals surface area contributed by atoms with E-state index in [1.165, 1.54) is 0 Å². The fourth-order valence-corrected chi connectivity index (χ4v) is 1.78. The molecule has 0 amide bonds. The smallest absolute Gasteiger partial charge is 0.291 e. The fourth-order valence-electron chi connectivity index (χ4n) is 1.78. The topological polar surface area (TPSA) is 52.0 Å². The van der Waals surface area contributed by atoms with Gasteiger partial charge < -0.3 is 0 Å². The normalized spacial score (nSPS) is 40.2. The van der Waals surface area contributed by atoms with E-state index in [9.17, 15) is 30.7 Å². The first-order valence-electron chi connectivity index (χ1n) is 4.84. The van der Waals surface area contributed by atoms with Gasteiger partial charge in [-0.25, -0.2) is 22.0 Å². The van der Waals surface area contributed by atoms with Crippen LogP contribution in [0.5, 0.6) is 0 Å². The summed E-state index contributed by atoms with van der Waals surface area (Å²) in [5.74, 6) is -22.6. The van der Waals surface area contributed by atoms with Gasteiger partial charge in [-0.2, -0.15) is 8.78 Å². The third-order valence-electron chi connectivity index (χ3n) is 3.07. The van der Waals surface area contributed by atoms with Crippen molar-refractivity contribution in [2.45, 2.75) is 37.0 Å². The van der Waals surface area contributed by atoms with Crippen molar-refractivity contribution in [1.29, 1.82) is 0 Å². The molecule has 11 heteroatoms. The Labute approximate surface area is 122 Å². The molecule has 3 atom stereocenters. The monoisotopic (exact) mass is 352 g/mol. The number of halogens is 9. The molecule has 0 radical (unpaired) electrons. The molecule has 0 aliphatic heterocycles. The Kier molecular flexibility index (Phi) is 6.07. The summed E-state index contributed by atoms with van der Waals surface area (Å²) in [6, 6.07) is 0. The summed E-state index contributed by atoms with van der Waals surface area (Å²) < 4.78 is 94.3. The van der Waals surface area contributed by atoms with Crippen molar-refractivity contribution in [3.8, 4) is 0 Å². The van der Waals surface area contributed by atoms with Crippen LogP contribution in [0.2, 0.25) is 0 Å². The summed E-state index contributed by atoms with van der Waals surface area (Å²) in [4.78, 5) is 0. The lowest BCUT2D eigenvalue weighted by atomic mass is 9.72. The lowest BCUT2D eigenvalue weighted by molar-refractivity contribution is -0.272. The highest BCUT2D eigenvalue weighted by Crippen LogP contribution is 2.58. The molecule has 122 valence electrons. The Morgan fingerprint density at radius 3 is 1.50 bits per heavy atom. The molecular weight excluding hydrogens is 340 g/mol. The van der Waals surface area contributed by atoms with E-state index in [0.717, 1.165) is 13.8 Å². The van der Waals surface area contributed by atoms with Crippen molar-refractivity contribution in [1.82, 2.24) is 0 Å². The van der Waals surface area contributed by atoms with Gasteiger partial charge in [0, 0.05) is 0 Å². The highest BCUT2D eigenvalue weighted by molar-refractivity contribution is 5.85. The number of hydrogen-bond donors (Lipinski definition) is 2. The van der Waals surface area contributed by atoms with Gasteiger partial charge in [0.1, 0.15) is 0 Å². The first-order valence-corrected chi connectivity index (χ1v) is 4.84. The van der Waals surface area contributed by atoms with Crippen LogP contribution in [0.3, 0.4) is 0 Å². The van der Waals surface area contributed by atoms with E-state index in [1.807, 2.05) is 0 Å². The number of hydrogen-bond acceptors (Lipinski definition) is 2. The average Bonchev–Trinajstić information content (AvgIpc) is 2.23. The second-order valence-electron chi connectivity index (χ2n) is 4.49. The standard InChI is InChI=1S/C9H11F7N2.2ClH/c1-3(2)6(12)4(10)5(11)7(13,17)8(14,15)9(6,16)18;;/h3H,17-18H2,1-2H3;2*1H. The van der Waals surface area contributed by atoms with E-state index < -0.39 is 40.7 Å². The molecule has 1 rings (SSSR count). The predicted octanol–water partition coefficient (Wildman–Crippen LogP) is 3.24. The SMILES string of the molecule is CC(C)C1(F)C(F)=C(F)C(N)(F)C(F)(F)C1(N)F.Cl.Cl. The molecule has 1 aliphatic carbocycles. The zero-order chi connectivity index (χ0) is 14.7. The third-order valence-corrected chi connectivity index (χ3v) is 3.07. The number of nitrogens with two attached hydrogens (primary N) is 2. The summed E-state index contributed by atoms with van der Waals surface area (Å²) in [7, 11) is 0. The van der Waals surface area contributed by atoms with Crippen LogP contribution in [0, 0.1) is 5.92 Å². The van der Waals surface area contributed by atoms with Crippen LogP contribution < -0.4 is 11.5 Å². The Hall–Kier alpha value is -0.250. The molecule has 0 aromatic carbocycles. The van der Waals surface area contributed by atoms with E-state index in [0.29, 0.717) is 0 Å². The first-order chi connectivity index (χ1) is 7.76. The van der Waals surface area contributed by atoms with Crippen LogP contribution in [-0.4, -0.2) is 23.2 Å². The van der Waals surface area contributed by atoms with Crippen LogP contribution in [0.1, 0.15) is 13.8 Å². The molecule has 0 spiro atoms. The van der Waals surface area contributed by atoms with Crippen molar-refractivity contribution in [3.63, 3.8) is 0 Å². The van der Waals surface area contributed by atoms with Gasteiger partial charge in [-0.3, -0.25) is 11.5 Å². The highest BCUT2D eigenvalue weighted by atomic mass is 35.5. The summed E-state index contributed by atoms with van der Waals surface area (Å²) in [6.07, 6.45) is 0. The minimum atomic E-state index is -5.49. The summed E-state index contributed by atoms with van der Waals surface area (Å²) >= 11 is 0. The van der Waals surface area contributed by atoms with E-state index in [-0.39, 0.29) is 24.8 Å². The van der Waals surface area contributed by atoms with E-state index >= 15 is 0 Å². The zero-order valence-electron chi connectivity index (χ0n) is 10.2. The summed E-state index contributed by atoms with van der Waals surface area (Å²) in [6.45, 7) is 1.57. The minimum absolute atomic E-state index is 0. The molecule has 0 aromatic heterocycles. The van der Waals surface area contributed by atoms with Crippen molar-refractivity contribution in [2.75, 3.05) is 0 Å². The van der Waals surface area contributed by atoms with E-state index in [4.69, 9.17) is 0 Å². The molecule has 0 fully saturated rings. The van der Waals surface area contributed by atoms with Crippen molar-refractivity contribution in [3.05, 3.63) is 11.7 Å². The molecule has 0 saturated carbocycles. The van der Waals surface area contributed by atoms with Gasteiger partial charge in [0.2, 0.25) is 5.67 Å². The van der Waals surface area contributed by atoms with Gasteiger partial charge in [-0.15, -0.1) is 24.8 Å². The molecule has 4 N–H and O–H groups in total. The minimum Gasteiger partial charge on any atom is -0.291 e. The lowest BCUT2D eigenvalue weighted by Gasteiger charge is -2.48. The molecule has 3 unspecified atom stereocenters. The first kappa shape index (κ1) is 22.0. The molecule has 0 aromatic rings. The Bertz CT molecular complexity index is 411. The van der Waals surface area contributed by atoms with Crippen LogP contribution in [0.25, 0.3) is 0 Å². The molecule has 0 saturated heterocycles. The molecular formula is C9H13Cl2F7N2. The molecule has 1 aliphatic rings. The molecule has 0 heterocycles. The van der Waals surface area contributed by atoms with Crippen molar-refractivity contribution in [2.24, 2.45) is 17.4 Å². The van der Waals surface area contributed by atoms with Gasteiger partial charge in [-0.05, 0) is 5.92 Å². The van der Waals surface area contributed by atoms with Gasteiger partial charge in [0.15, 0.2) is 11.7 Å². The van der Waals surface area contributed by atoms with E-state index in [2.05, 4.69) is 11.5 Å². The predicted molar refractivity (Wildman–Crippen MR) is 63.4 cm³/mol. The van der Waals surface area contributed by atoms with Gasteiger partial charge in [0.25, 0.3) is 11.6 Å². The van der Waals surface area contributed by atoms with Gasteiger partial charge in [-0.1, -0.05) is 13.8 Å². The maximum atomic E-state index is 14.1.